The van der Waals surface area contributed by atoms with Crippen LogP contribution in [0.3, 0.4) is 0 Å². The fraction of sp³-hybridized carbons (Fsp3) is 0.721. The van der Waals surface area contributed by atoms with Crippen LogP contribution in [0.15, 0.2) is 6.20 Å². The molecule has 0 radical (unpaired) electrons. The zero-order valence-electron chi connectivity index (χ0n) is 41.3. The van der Waals surface area contributed by atoms with Crippen molar-refractivity contribution >= 4 is 59.3 Å². The van der Waals surface area contributed by atoms with E-state index in [1.54, 1.807) is 13.8 Å². The van der Waals surface area contributed by atoms with Gasteiger partial charge in [-0.25, -0.2) is 4.68 Å². The van der Waals surface area contributed by atoms with E-state index in [-0.39, 0.29) is 64.6 Å². The smallest absolute Gasteiger partial charge is 0.308 e. The number of aryl methyl sites for hydroxylation is 1. The van der Waals surface area contributed by atoms with E-state index in [1.165, 1.54) is 20.2 Å². The molecule has 1 aromatic rings. The van der Waals surface area contributed by atoms with Crippen LogP contribution in [0.1, 0.15) is 65.0 Å². The van der Waals surface area contributed by atoms with Gasteiger partial charge >= 0.3 is 23.9 Å². The van der Waals surface area contributed by atoms with Gasteiger partial charge in [-0.1, -0.05) is 19.1 Å². The van der Waals surface area contributed by atoms with Crippen LogP contribution in [-0.4, -0.2) is 199 Å². The Morgan fingerprint density at radius 3 is 1.62 bits per heavy atom. The SMILES string of the molecule is COC(=O)CCOCCOCCOCCOCCNC(=O)[C@H](C)NC(=O)[C@H](CC(=O)OC)NC(=O)[C@@H](NC(=O)[C@H](CCC(=O)OC)NC(=O)[C@H](CC(=O)OC)NC(=O)Cn1cc(CCCF)nn1)C(C)C. The number of rotatable bonds is 38. The number of hydrogen-bond acceptors (Lipinski definition) is 20. The molecule has 1 rings (SSSR count). The van der Waals surface area contributed by atoms with Crippen LogP contribution in [-0.2, 0) is 98.8 Å². The Bertz CT molecular complexity index is 1850. The van der Waals surface area contributed by atoms with Gasteiger partial charge in [0.05, 0.1) is 113 Å². The van der Waals surface area contributed by atoms with Crippen molar-refractivity contribution < 1.29 is 90.2 Å². The number of nitrogens with one attached hydrogen (secondary N) is 6. The summed E-state index contributed by atoms with van der Waals surface area (Å²) in [5.41, 5.74) is 0.414. The van der Waals surface area contributed by atoms with Gasteiger partial charge in [-0.2, -0.15) is 0 Å². The normalized spacial score (nSPS) is 13.0. The maximum absolute atomic E-state index is 13.9. The quantitative estimate of drug-likeness (QED) is 0.0220. The molecular formula is C43H70FN9O18. The van der Waals surface area contributed by atoms with Crippen molar-refractivity contribution in [2.24, 2.45) is 5.92 Å². The molecule has 0 spiro atoms. The third kappa shape index (κ3) is 27.6. The van der Waals surface area contributed by atoms with Crippen LogP contribution < -0.4 is 31.9 Å². The lowest BCUT2D eigenvalue weighted by Gasteiger charge is -2.28. The number of alkyl halides is 1. The Labute approximate surface area is 410 Å². The van der Waals surface area contributed by atoms with Crippen LogP contribution in [0.5, 0.6) is 0 Å². The van der Waals surface area contributed by atoms with Crippen molar-refractivity contribution in [3.05, 3.63) is 11.9 Å². The lowest BCUT2D eigenvalue weighted by molar-refractivity contribution is -0.145. The highest BCUT2D eigenvalue weighted by molar-refractivity contribution is 5.98. The number of esters is 4. The number of ether oxygens (including phenoxy) is 8. The zero-order chi connectivity index (χ0) is 53.1. The number of amides is 6. The van der Waals surface area contributed by atoms with E-state index in [1.807, 2.05) is 0 Å². The first-order valence-electron chi connectivity index (χ1n) is 22.7. The molecule has 0 aliphatic rings. The minimum Gasteiger partial charge on any atom is -0.469 e. The highest BCUT2D eigenvalue weighted by Gasteiger charge is 2.35. The van der Waals surface area contributed by atoms with Gasteiger partial charge in [-0.3, -0.25) is 52.3 Å². The molecule has 402 valence electrons. The summed E-state index contributed by atoms with van der Waals surface area (Å²) >= 11 is 0. The van der Waals surface area contributed by atoms with Crippen molar-refractivity contribution in [2.45, 2.75) is 102 Å². The van der Waals surface area contributed by atoms with E-state index in [0.717, 1.165) is 26.0 Å². The van der Waals surface area contributed by atoms with Crippen LogP contribution in [0.2, 0.25) is 0 Å². The van der Waals surface area contributed by atoms with Crippen molar-refractivity contribution in [1.29, 1.82) is 0 Å². The van der Waals surface area contributed by atoms with E-state index in [4.69, 9.17) is 23.7 Å². The monoisotopic (exact) mass is 1020 g/mol. The van der Waals surface area contributed by atoms with Gasteiger partial charge in [0.25, 0.3) is 0 Å². The number of halogens is 1. The zero-order valence-corrected chi connectivity index (χ0v) is 41.3. The average Bonchev–Trinajstić information content (AvgIpc) is 3.79. The summed E-state index contributed by atoms with van der Waals surface area (Å²) in [6.07, 6.45) is -0.157. The second-order valence-corrected chi connectivity index (χ2v) is 15.6. The maximum Gasteiger partial charge on any atom is 0.308 e. The molecule has 0 fully saturated rings. The van der Waals surface area contributed by atoms with E-state index >= 15 is 0 Å². The third-order valence-electron chi connectivity index (χ3n) is 9.78. The summed E-state index contributed by atoms with van der Waals surface area (Å²) in [7, 11) is 4.50. The topological polar surface area (TPSA) is 347 Å². The summed E-state index contributed by atoms with van der Waals surface area (Å²) in [6, 6.07) is -7.41. The van der Waals surface area contributed by atoms with Crippen molar-refractivity contribution in [3.63, 3.8) is 0 Å². The molecule has 1 aromatic heterocycles. The highest BCUT2D eigenvalue weighted by atomic mass is 19.1. The first kappa shape index (κ1) is 62.6. The summed E-state index contributed by atoms with van der Waals surface area (Å²) in [5, 5.41) is 22.3. The molecule has 5 atom stereocenters. The molecule has 0 aliphatic heterocycles. The van der Waals surface area contributed by atoms with E-state index in [2.05, 4.69) is 56.4 Å². The minimum atomic E-state index is -1.62. The molecule has 6 amide bonds. The number of methoxy groups -OCH3 is 4. The number of hydrogen-bond donors (Lipinski definition) is 6. The van der Waals surface area contributed by atoms with Gasteiger partial charge in [0, 0.05) is 19.2 Å². The predicted octanol–water partition coefficient (Wildman–Crippen LogP) is -2.89. The molecule has 1 heterocycles. The average molecular weight is 1020 g/mol. The second-order valence-electron chi connectivity index (χ2n) is 15.6. The van der Waals surface area contributed by atoms with Gasteiger partial charge in [-0.15, -0.1) is 5.10 Å². The van der Waals surface area contributed by atoms with Gasteiger partial charge < -0.3 is 69.8 Å². The molecule has 27 nitrogen and oxygen atoms in total. The molecule has 6 N–H and O–H groups in total. The molecule has 0 saturated carbocycles. The predicted molar refractivity (Wildman–Crippen MR) is 242 cm³/mol. The number of carbonyl (C=O) groups is 10. The lowest BCUT2D eigenvalue weighted by Crippen LogP contribution is -2.60. The summed E-state index contributed by atoms with van der Waals surface area (Å²) in [6.45, 7) is 5.51. The van der Waals surface area contributed by atoms with Gasteiger partial charge in [-0.05, 0) is 32.1 Å². The molecule has 0 aliphatic carbocycles. The van der Waals surface area contributed by atoms with Crippen LogP contribution in [0.25, 0.3) is 0 Å². The van der Waals surface area contributed by atoms with Crippen molar-refractivity contribution in [1.82, 2.24) is 46.9 Å². The Hall–Kier alpha value is -6.39. The molecular weight excluding hydrogens is 950 g/mol. The van der Waals surface area contributed by atoms with Gasteiger partial charge in [0.1, 0.15) is 36.8 Å². The molecule has 0 aromatic carbocycles. The van der Waals surface area contributed by atoms with E-state index < -0.39 is 122 Å². The molecule has 0 bridgehead atoms. The summed E-state index contributed by atoms with van der Waals surface area (Å²) in [5.74, 6) is -9.04. The van der Waals surface area contributed by atoms with E-state index in [9.17, 15) is 52.3 Å². The Morgan fingerprint density at radius 2 is 1.07 bits per heavy atom. The van der Waals surface area contributed by atoms with Crippen LogP contribution in [0.4, 0.5) is 4.39 Å². The molecule has 0 saturated heterocycles. The highest BCUT2D eigenvalue weighted by Crippen LogP contribution is 2.09. The summed E-state index contributed by atoms with van der Waals surface area (Å²) < 4.78 is 53.8. The summed E-state index contributed by atoms with van der Waals surface area (Å²) in [4.78, 5) is 128. The van der Waals surface area contributed by atoms with Crippen LogP contribution >= 0.6 is 0 Å². The number of nitrogens with zero attached hydrogens (tertiary/aromatic N) is 3. The van der Waals surface area contributed by atoms with Crippen molar-refractivity contribution in [3.8, 4) is 0 Å². The molecule has 0 unspecified atom stereocenters. The first-order valence-corrected chi connectivity index (χ1v) is 22.7. The Balaban J connectivity index is 2.90. The number of carbonyl (C=O) groups excluding carboxylic acids is 10. The second kappa shape index (κ2) is 36.5. The number of aromatic nitrogens is 3. The van der Waals surface area contributed by atoms with Crippen molar-refractivity contribution in [2.75, 3.05) is 94.5 Å². The first-order chi connectivity index (χ1) is 33.9. The maximum atomic E-state index is 13.9. The van der Waals surface area contributed by atoms with Crippen LogP contribution in [0, 0.1) is 5.92 Å². The minimum absolute atomic E-state index is 0.0624. The van der Waals surface area contributed by atoms with E-state index in [0.29, 0.717) is 32.1 Å². The fourth-order valence-corrected chi connectivity index (χ4v) is 5.84. The Kier molecular flexibility index (Phi) is 32.2. The molecule has 71 heavy (non-hydrogen) atoms. The van der Waals surface area contributed by atoms with Gasteiger partial charge in [0.15, 0.2) is 0 Å². The standard InChI is InChI=1S/C43H70FN9O18/c1-27(2)38(50-40(60)30(10-11-34(55)64-4)48-42(62)31(23-36(57)66-6)47-33(54)26-53-25-29(51-52-53)9-8-13-44)43(63)49-32(24-37(58)67-7)41(61)46-28(3)39(59)45-14-16-69-18-20-71-22-21-70-19-17-68-15-12-35(56)65-5/h25,27-28,30-32,38H,8-24,26H2,1-7H3,(H,45,59)(H,46,61)(H,47,54)(H,48,62)(H,49,63)(H,50,60)/t28-,30-,31-,32-,38-/m0/s1. The Morgan fingerprint density at radius 1 is 0.577 bits per heavy atom. The third-order valence-corrected chi connectivity index (χ3v) is 9.78. The fourth-order valence-electron chi connectivity index (χ4n) is 5.84. The molecule has 28 heteroatoms. The largest absolute Gasteiger partial charge is 0.469 e. The van der Waals surface area contributed by atoms with Gasteiger partial charge in [0.2, 0.25) is 35.4 Å². The lowest BCUT2D eigenvalue weighted by atomic mass is 10.0.